The monoisotopic (exact) mass is 267 g/mol. The molecule has 2 heterocycles. The topological polar surface area (TPSA) is 35.6 Å². The number of likely N-dealkylation sites (tertiary alicyclic amines) is 1. The molecule has 0 saturated carbocycles. The summed E-state index contributed by atoms with van der Waals surface area (Å²) in [6, 6.07) is 0.0478. The van der Waals surface area contributed by atoms with Gasteiger partial charge in [-0.05, 0) is 31.6 Å². The van der Waals surface area contributed by atoms with Crippen LogP contribution in [0.25, 0.3) is 0 Å². The Morgan fingerprint density at radius 3 is 2.37 bits per heavy atom. The van der Waals surface area contributed by atoms with Crippen LogP contribution in [0.3, 0.4) is 0 Å². The minimum absolute atomic E-state index is 0.0478. The third-order valence-corrected chi connectivity index (χ3v) is 5.31. The van der Waals surface area contributed by atoms with Gasteiger partial charge in [0.15, 0.2) is 0 Å². The maximum Gasteiger partial charge on any atom is 0.239 e. The highest BCUT2D eigenvalue weighted by molar-refractivity contribution is 5.81. The van der Waals surface area contributed by atoms with Crippen LogP contribution in [0.2, 0.25) is 0 Å². The summed E-state index contributed by atoms with van der Waals surface area (Å²) in [6.45, 7) is 12.5. The van der Waals surface area contributed by atoms with Crippen LogP contribution in [-0.2, 0) is 4.79 Å². The maximum absolute atomic E-state index is 12.6. The second-order valence-corrected chi connectivity index (χ2v) is 6.18. The van der Waals surface area contributed by atoms with Gasteiger partial charge < -0.3 is 10.2 Å². The molecule has 2 saturated heterocycles. The fourth-order valence-corrected chi connectivity index (χ4v) is 3.44. The third kappa shape index (κ3) is 3.11. The number of carbonyl (C=O) groups is 1. The van der Waals surface area contributed by atoms with Gasteiger partial charge in [-0.15, -0.1) is 0 Å². The smallest absolute Gasteiger partial charge is 0.239 e. The first-order valence-corrected chi connectivity index (χ1v) is 7.85. The molecule has 0 spiro atoms. The highest BCUT2D eigenvalue weighted by atomic mass is 16.2. The van der Waals surface area contributed by atoms with Crippen LogP contribution >= 0.6 is 0 Å². The molecule has 0 aromatic heterocycles. The fraction of sp³-hybridized carbons (Fsp3) is 0.933. The number of hydrogen-bond donors (Lipinski definition) is 1. The van der Waals surface area contributed by atoms with Gasteiger partial charge in [0.1, 0.15) is 0 Å². The van der Waals surface area contributed by atoms with Gasteiger partial charge in [-0.25, -0.2) is 0 Å². The van der Waals surface area contributed by atoms with E-state index in [1.165, 1.54) is 19.3 Å². The molecular weight excluding hydrogens is 238 g/mol. The van der Waals surface area contributed by atoms with E-state index in [2.05, 4.69) is 35.9 Å². The van der Waals surface area contributed by atoms with Gasteiger partial charge in [0.25, 0.3) is 0 Å². The second-order valence-electron chi connectivity index (χ2n) is 6.18. The van der Waals surface area contributed by atoms with Crippen molar-refractivity contribution in [2.24, 2.45) is 5.41 Å². The van der Waals surface area contributed by atoms with Crippen molar-refractivity contribution in [2.75, 3.05) is 39.3 Å². The zero-order valence-electron chi connectivity index (χ0n) is 12.7. The van der Waals surface area contributed by atoms with E-state index in [1.807, 2.05) is 0 Å². The SMILES string of the molecule is CCC1(CC)CCN(C(=O)C(C)N2CCNCC2)C1. The van der Waals surface area contributed by atoms with E-state index in [4.69, 9.17) is 0 Å². The Kier molecular flexibility index (Phi) is 4.85. The zero-order chi connectivity index (χ0) is 13.9. The number of rotatable bonds is 4. The van der Waals surface area contributed by atoms with E-state index in [-0.39, 0.29) is 6.04 Å². The van der Waals surface area contributed by atoms with Crippen LogP contribution in [-0.4, -0.2) is 61.0 Å². The summed E-state index contributed by atoms with van der Waals surface area (Å²) < 4.78 is 0. The van der Waals surface area contributed by atoms with Crippen LogP contribution in [0.5, 0.6) is 0 Å². The molecule has 4 heteroatoms. The Hall–Kier alpha value is -0.610. The summed E-state index contributed by atoms with van der Waals surface area (Å²) in [7, 11) is 0. The molecule has 0 radical (unpaired) electrons. The predicted molar refractivity (Wildman–Crippen MR) is 78.1 cm³/mol. The Morgan fingerprint density at radius 1 is 1.21 bits per heavy atom. The fourth-order valence-electron chi connectivity index (χ4n) is 3.44. The van der Waals surface area contributed by atoms with E-state index in [9.17, 15) is 4.79 Å². The van der Waals surface area contributed by atoms with Gasteiger partial charge in [-0.1, -0.05) is 13.8 Å². The minimum Gasteiger partial charge on any atom is -0.341 e. The number of nitrogens with zero attached hydrogens (tertiary/aromatic N) is 2. The lowest BCUT2D eigenvalue weighted by Crippen LogP contribution is -2.53. The molecule has 0 aliphatic carbocycles. The van der Waals surface area contributed by atoms with Crippen molar-refractivity contribution in [3.05, 3.63) is 0 Å². The molecule has 1 amide bonds. The van der Waals surface area contributed by atoms with Crippen LogP contribution in [0.1, 0.15) is 40.0 Å². The quantitative estimate of drug-likeness (QED) is 0.834. The lowest BCUT2D eigenvalue weighted by molar-refractivity contribution is -0.136. The summed E-state index contributed by atoms with van der Waals surface area (Å²) in [6.07, 6.45) is 3.56. The molecule has 2 fully saturated rings. The lowest BCUT2D eigenvalue weighted by atomic mass is 9.82. The van der Waals surface area contributed by atoms with Gasteiger partial charge in [-0.3, -0.25) is 9.69 Å². The van der Waals surface area contributed by atoms with Crippen molar-refractivity contribution < 1.29 is 4.79 Å². The van der Waals surface area contributed by atoms with Gasteiger partial charge in [0, 0.05) is 39.3 Å². The Balaban J connectivity index is 1.93. The van der Waals surface area contributed by atoms with Gasteiger partial charge in [0.05, 0.1) is 6.04 Å². The average molecular weight is 267 g/mol. The zero-order valence-corrected chi connectivity index (χ0v) is 12.7. The van der Waals surface area contributed by atoms with Crippen molar-refractivity contribution in [2.45, 2.75) is 46.1 Å². The van der Waals surface area contributed by atoms with Gasteiger partial charge in [-0.2, -0.15) is 0 Å². The summed E-state index contributed by atoms with van der Waals surface area (Å²) >= 11 is 0. The molecule has 2 aliphatic heterocycles. The van der Waals surface area contributed by atoms with Crippen LogP contribution < -0.4 is 5.32 Å². The first-order valence-electron chi connectivity index (χ1n) is 7.85. The molecule has 2 aliphatic rings. The van der Waals surface area contributed by atoms with Crippen molar-refractivity contribution >= 4 is 5.91 Å². The molecule has 0 bridgehead atoms. The summed E-state index contributed by atoms with van der Waals surface area (Å²) in [5.41, 5.74) is 0.388. The van der Waals surface area contributed by atoms with Crippen LogP contribution in [0.15, 0.2) is 0 Å². The summed E-state index contributed by atoms with van der Waals surface area (Å²) in [5.74, 6) is 0.339. The average Bonchev–Trinajstić information content (AvgIpc) is 2.92. The highest BCUT2D eigenvalue weighted by Crippen LogP contribution is 2.37. The van der Waals surface area contributed by atoms with E-state index in [0.29, 0.717) is 11.3 Å². The molecule has 1 atom stereocenters. The second kappa shape index (κ2) is 6.23. The number of amides is 1. The normalized spacial score (nSPS) is 25.5. The highest BCUT2D eigenvalue weighted by Gasteiger charge is 2.39. The maximum atomic E-state index is 12.6. The first-order chi connectivity index (χ1) is 9.12. The van der Waals surface area contributed by atoms with E-state index >= 15 is 0 Å². The largest absolute Gasteiger partial charge is 0.341 e. The number of nitrogens with one attached hydrogen (secondary N) is 1. The van der Waals surface area contributed by atoms with E-state index in [0.717, 1.165) is 39.3 Å². The summed E-state index contributed by atoms with van der Waals surface area (Å²) in [5, 5.41) is 3.34. The molecule has 0 aromatic carbocycles. The lowest BCUT2D eigenvalue weighted by Gasteiger charge is -2.34. The number of carbonyl (C=O) groups excluding carboxylic acids is 1. The van der Waals surface area contributed by atoms with Crippen molar-refractivity contribution in [3.8, 4) is 0 Å². The molecule has 2 rings (SSSR count). The molecule has 1 unspecified atom stereocenters. The van der Waals surface area contributed by atoms with Crippen LogP contribution in [0.4, 0.5) is 0 Å². The van der Waals surface area contributed by atoms with Gasteiger partial charge >= 0.3 is 0 Å². The Labute approximate surface area is 117 Å². The molecule has 1 N–H and O–H groups in total. The standard InChI is InChI=1S/C15H29N3O/c1-4-15(5-2)6-9-18(12-15)14(19)13(3)17-10-7-16-8-11-17/h13,16H,4-12H2,1-3H3. The van der Waals surface area contributed by atoms with Crippen molar-refractivity contribution in [1.29, 1.82) is 0 Å². The van der Waals surface area contributed by atoms with E-state index < -0.39 is 0 Å². The Morgan fingerprint density at radius 2 is 1.84 bits per heavy atom. The van der Waals surface area contributed by atoms with E-state index in [1.54, 1.807) is 0 Å². The third-order valence-electron chi connectivity index (χ3n) is 5.31. The number of hydrogen-bond acceptors (Lipinski definition) is 3. The molecule has 4 nitrogen and oxygen atoms in total. The molecule has 0 aromatic rings. The van der Waals surface area contributed by atoms with Crippen LogP contribution in [0, 0.1) is 5.41 Å². The van der Waals surface area contributed by atoms with Crippen molar-refractivity contribution in [1.82, 2.24) is 15.1 Å². The number of piperazine rings is 1. The minimum atomic E-state index is 0.0478. The molecule has 110 valence electrons. The molecule has 19 heavy (non-hydrogen) atoms. The first kappa shape index (κ1) is 14.8. The van der Waals surface area contributed by atoms with Crippen molar-refractivity contribution in [3.63, 3.8) is 0 Å². The summed E-state index contributed by atoms with van der Waals surface area (Å²) in [4.78, 5) is 17.1. The Bertz CT molecular complexity index is 309. The predicted octanol–water partition coefficient (Wildman–Crippen LogP) is 1.32. The van der Waals surface area contributed by atoms with Gasteiger partial charge in [0.2, 0.25) is 5.91 Å². The molecular formula is C15H29N3O.